The third-order valence-electron chi connectivity index (χ3n) is 1.64. The van der Waals surface area contributed by atoms with Gasteiger partial charge in [0, 0.05) is 6.54 Å². The molecule has 66 valence electrons. The van der Waals surface area contributed by atoms with Crippen molar-refractivity contribution in [3.05, 3.63) is 21.0 Å². The smallest absolute Gasteiger partial charge is 0.296 e. The minimum absolute atomic E-state index is 0.0107. The topological polar surface area (TPSA) is 67.2 Å². The highest BCUT2D eigenvalue weighted by Crippen LogP contribution is 2.08. The van der Waals surface area contributed by atoms with E-state index in [4.69, 9.17) is 0 Å². The molecule has 5 heteroatoms. The van der Waals surface area contributed by atoms with Gasteiger partial charge in [0.15, 0.2) is 5.69 Å². The Hall–Kier alpha value is -1.39. The van der Waals surface area contributed by atoms with E-state index in [1.807, 2.05) is 6.92 Å². The molecule has 0 spiro atoms. The predicted molar refractivity (Wildman–Crippen MR) is 45.5 cm³/mol. The van der Waals surface area contributed by atoms with Gasteiger partial charge in [0.05, 0.1) is 5.69 Å². The molecule has 0 aliphatic carbocycles. The minimum atomic E-state index is -0.329. The molecule has 0 aliphatic heterocycles. The van der Waals surface area contributed by atoms with Crippen molar-refractivity contribution < 1.29 is 0 Å². The van der Waals surface area contributed by atoms with Crippen LogP contribution in [0.2, 0.25) is 0 Å². The number of aromatic amines is 1. The number of aromatic nitrogens is 2. The summed E-state index contributed by atoms with van der Waals surface area (Å²) in [6.07, 6.45) is 0.845. The van der Waals surface area contributed by atoms with E-state index in [9.17, 15) is 9.70 Å². The predicted octanol–water partition coefficient (Wildman–Crippen LogP) is 1.29. The molecule has 0 fully saturated rings. The van der Waals surface area contributed by atoms with E-state index >= 15 is 0 Å². The molecule has 1 N–H and O–H groups in total. The van der Waals surface area contributed by atoms with Crippen LogP contribution in [-0.2, 0) is 6.54 Å². The molecule has 1 aromatic rings. The Labute approximate surface area is 69.4 Å². The fraction of sp³-hybridized carbons (Fsp3) is 0.571. The monoisotopic (exact) mass is 169 g/mol. The summed E-state index contributed by atoms with van der Waals surface area (Å²) in [6.45, 7) is 4.20. The molecule has 0 amide bonds. The van der Waals surface area contributed by atoms with Crippen LogP contribution in [0.3, 0.4) is 0 Å². The number of nitrogens with one attached hydrogen (secondary N) is 1. The molecule has 0 aliphatic rings. The zero-order valence-corrected chi connectivity index (χ0v) is 7.13. The van der Waals surface area contributed by atoms with Gasteiger partial charge in [-0.3, -0.25) is 14.6 Å². The van der Waals surface area contributed by atoms with Crippen molar-refractivity contribution in [2.45, 2.75) is 26.8 Å². The van der Waals surface area contributed by atoms with Crippen LogP contribution < -0.4 is 5.56 Å². The van der Waals surface area contributed by atoms with Crippen molar-refractivity contribution in [1.29, 1.82) is 0 Å². The fourth-order valence-corrected chi connectivity index (χ4v) is 1.08. The summed E-state index contributed by atoms with van der Waals surface area (Å²) < 4.78 is 1.39. The molecular formula is C7H11N3O2. The van der Waals surface area contributed by atoms with Crippen molar-refractivity contribution in [3.8, 4) is 0 Å². The Kier molecular flexibility index (Phi) is 2.42. The number of aryl methyl sites for hydroxylation is 2. The Morgan fingerprint density at radius 3 is 2.67 bits per heavy atom. The number of hydrogen-bond acceptors (Lipinski definition) is 3. The van der Waals surface area contributed by atoms with E-state index in [0.717, 1.165) is 6.42 Å². The van der Waals surface area contributed by atoms with Crippen LogP contribution in [0.25, 0.3) is 0 Å². The maximum Gasteiger partial charge on any atom is 0.296 e. The summed E-state index contributed by atoms with van der Waals surface area (Å²) >= 11 is 0. The van der Waals surface area contributed by atoms with Crippen LogP contribution in [0.15, 0.2) is 9.97 Å². The SMILES string of the molecule is CCCn1[nH]c(C)c(N=O)c1=O. The zero-order valence-electron chi connectivity index (χ0n) is 7.13. The molecule has 0 unspecified atom stereocenters. The van der Waals surface area contributed by atoms with E-state index < -0.39 is 0 Å². The lowest BCUT2D eigenvalue weighted by molar-refractivity contribution is 0.581. The molecule has 12 heavy (non-hydrogen) atoms. The lowest BCUT2D eigenvalue weighted by Gasteiger charge is -1.94. The van der Waals surface area contributed by atoms with E-state index in [1.165, 1.54) is 4.68 Å². The average Bonchev–Trinajstić information content (AvgIpc) is 2.29. The first kappa shape index (κ1) is 8.70. The summed E-state index contributed by atoms with van der Waals surface area (Å²) in [7, 11) is 0. The summed E-state index contributed by atoms with van der Waals surface area (Å²) in [4.78, 5) is 21.4. The van der Waals surface area contributed by atoms with Crippen LogP contribution in [0, 0.1) is 11.8 Å². The Bertz CT molecular complexity index is 337. The van der Waals surface area contributed by atoms with Crippen LogP contribution in [0.1, 0.15) is 19.0 Å². The zero-order chi connectivity index (χ0) is 9.14. The molecule has 1 rings (SSSR count). The molecule has 0 radical (unpaired) electrons. The largest absolute Gasteiger partial charge is 0.298 e. The summed E-state index contributed by atoms with van der Waals surface area (Å²) in [5.41, 5.74) is 0.191. The Balaban J connectivity index is 3.17. The van der Waals surface area contributed by atoms with Crippen molar-refractivity contribution in [2.24, 2.45) is 5.18 Å². The number of H-pyrrole nitrogens is 1. The minimum Gasteiger partial charge on any atom is -0.298 e. The maximum absolute atomic E-state index is 11.2. The van der Waals surface area contributed by atoms with Crippen LogP contribution in [0.5, 0.6) is 0 Å². The molecule has 0 atom stereocenters. The fourth-order valence-electron chi connectivity index (χ4n) is 1.08. The van der Waals surface area contributed by atoms with Gasteiger partial charge in [-0.1, -0.05) is 6.92 Å². The van der Waals surface area contributed by atoms with Gasteiger partial charge in [-0.25, -0.2) is 0 Å². The first-order valence-corrected chi connectivity index (χ1v) is 3.83. The van der Waals surface area contributed by atoms with Crippen LogP contribution in [-0.4, -0.2) is 9.78 Å². The van der Waals surface area contributed by atoms with Gasteiger partial charge in [-0.15, -0.1) is 4.91 Å². The Morgan fingerprint density at radius 1 is 1.58 bits per heavy atom. The standard InChI is InChI=1S/C7H11N3O2/c1-3-4-10-7(11)6(9-12)5(2)8-10/h8H,3-4H2,1-2H3. The molecule has 0 aromatic carbocycles. The number of hydrogen-bond donors (Lipinski definition) is 1. The van der Waals surface area contributed by atoms with E-state index in [0.29, 0.717) is 12.2 Å². The second-order valence-corrected chi connectivity index (χ2v) is 2.63. The van der Waals surface area contributed by atoms with Crippen LogP contribution >= 0.6 is 0 Å². The quantitative estimate of drug-likeness (QED) is 0.693. The second kappa shape index (κ2) is 3.34. The molecule has 0 bridgehead atoms. The second-order valence-electron chi connectivity index (χ2n) is 2.63. The Morgan fingerprint density at radius 2 is 2.25 bits per heavy atom. The lowest BCUT2D eigenvalue weighted by atomic mass is 10.4. The van der Waals surface area contributed by atoms with E-state index in [2.05, 4.69) is 10.3 Å². The molecular weight excluding hydrogens is 158 g/mol. The third kappa shape index (κ3) is 1.30. The van der Waals surface area contributed by atoms with E-state index in [1.54, 1.807) is 6.92 Å². The molecule has 0 saturated heterocycles. The maximum atomic E-state index is 11.2. The normalized spacial score (nSPS) is 10.2. The number of nitrogens with zero attached hydrogens (tertiary/aromatic N) is 2. The van der Waals surface area contributed by atoms with Gasteiger partial charge < -0.3 is 0 Å². The highest BCUT2D eigenvalue weighted by molar-refractivity contribution is 5.38. The van der Waals surface area contributed by atoms with Crippen LogP contribution in [0.4, 0.5) is 5.69 Å². The molecule has 0 saturated carbocycles. The average molecular weight is 169 g/mol. The van der Waals surface area contributed by atoms with Crippen molar-refractivity contribution in [3.63, 3.8) is 0 Å². The van der Waals surface area contributed by atoms with Gasteiger partial charge in [-0.05, 0) is 18.5 Å². The van der Waals surface area contributed by atoms with Gasteiger partial charge in [-0.2, -0.15) is 0 Å². The summed E-state index contributed by atoms with van der Waals surface area (Å²) in [6, 6.07) is 0. The molecule has 1 aromatic heterocycles. The molecule has 5 nitrogen and oxygen atoms in total. The van der Waals surface area contributed by atoms with Gasteiger partial charge in [0.2, 0.25) is 0 Å². The van der Waals surface area contributed by atoms with Gasteiger partial charge >= 0.3 is 0 Å². The highest BCUT2D eigenvalue weighted by Gasteiger charge is 2.09. The lowest BCUT2D eigenvalue weighted by Crippen LogP contribution is -2.15. The van der Waals surface area contributed by atoms with Crippen molar-refractivity contribution in [1.82, 2.24) is 9.78 Å². The third-order valence-corrected chi connectivity index (χ3v) is 1.64. The first-order valence-electron chi connectivity index (χ1n) is 3.83. The first-order chi connectivity index (χ1) is 5.70. The van der Waals surface area contributed by atoms with Crippen molar-refractivity contribution >= 4 is 5.69 Å². The van der Waals surface area contributed by atoms with Gasteiger partial charge in [0.1, 0.15) is 0 Å². The number of nitroso groups, excluding NO2 is 1. The van der Waals surface area contributed by atoms with Crippen molar-refractivity contribution in [2.75, 3.05) is 0 Å². The van der Waals surface area contributed by atoms with E-state index in [-0.39, 0.29) is 11.2 Å². The molecule has 1 heterocycles. The summed E-state index contributed by atoms with van der Waals surface area (Å²) in [5, 5.41) is 5.43. The number of rotatable bonds is 3. The highest BCUT2D eigenvalue weighted by atomic mass is 16.3. The van der Waals surface area contributed by atoms with Gasteiger partial charge in [0.25, 0.3) is 5.56 Å². The summed E-state index contributed by atoms with van der Waals surface area (Å²) in [5.74, 6) is 0.